The van der Waals surface area contributed by atoms with Crippen LogP contribution >= 0.6 is 0 Å². The number of urea groups is 1. The topological polar surface area (TPSA) is 194 Å². The monoisotopic (exact) mass is 824 g/mol. The lowest BCUT2D eigenvalue weighted by Gasteiger charge is -2.32. The largest absolute Gasteiger partial charge is 0.480 e. The molecule has 1 heterocycles. The number of rotatable bonds is 17. The number of aliphatic carboxylic acids is 1. The van der Waals surface area contributed by atoms with E-state index >= 15 is 0 Å². The van der Waals surface area contributed by atoms with Crippen LogP contribution in [0.1, 0.15) is 62.3 Å². The smallest absolute Gasteiger partial charge is 0.326 e. The van der Waals surface area contributed by atoms with Crippen molar-refractivity contribution in [1.82, 2.24) is 19.8 Å². The summed E-state index contributed by atoms with van der Waals surface area (Å²) in [6.45, 7) is 5.49. The van der Waals surface area contributed by atoms with Gasteiger partial charge in [0.15, 0.2) is 0 Å². The number of benzene rings is 4. The first-order valence-electron chi connectivity index (χ1n) is 19.6. The summed E-state index contributed by atoms with van der Waals surface area (Å²) in [7, 11) is -2.62. The van der Waals surface area contributed by atoms with E-state index in [1.807, 2.05) is 45.0 Å². The van der Waals surface area contributed by atoms with Gasteiger partial charge in [-0.25, -0.2) is 18.0 Å². The van der Waals surface area contributed by atoms with Crippen molar-refractivity contribution in [3.8, 4) is 0 Å². The number of carbonyl (C=O) groups excluding carboxylic acids is 4. The molecule has 5 N–H and O–H groups in total. The number of carboxylic acid groups (broad SMARTS) is 1. The third-order valence-corrected chi connectivity index (χ3v) is 12.6. The quantitative estimate of drug-likeness (QED) is 0.0892. The maximum atomic E-state index is 14.0. The molecular formula is C44H52N6O8S. The zero-order chi connectivity index (χ0) is 42.7. The number of carbonyl (C=O) groups is 5. The van der Waals surface area contributed by atoms with E-state index in [0.717, 1.165) is 5.56 Å². The van der Waals surface area contributed by atoms with Gasteiger partial charge in [0.05, 0.1) is 17.4 Å². The van der Waals surface area contributed by atoms with Crippen molar-refractivity contribution in [1.29, 1.82) is 0 Å². The second-order valence-corrected chi connectivity index (χ2v) is 16.6. The number of aryl methyl sites for hydroxylation is 1. The van der Waals surface area contributed by atoms with Crippen molar-refractivity contribution in [2.75, 3.05) is 24.2 Å². The van der Waals surface area contributed by atoms with Crippen LogP contribution in [0.5, 0.6) is 0 Å². The van der Waals surface area contributed by atoms with E-state index < -0.39 is 58.0 Å². The predicted molar refractivity (Wildman–Crippen MR) is 225 cm³/mol. The zero-order valence-corrected chi connectivity index (χ0v) is 34.4. The molecule has 1 fully saturated rings. The zero-order valence-electron chi connectivity index (χ0n) is 33.6. The molecule has 0 spiro atoms. The normalized spacial score (nSPS) is 16.9. The summed E-state index contributed by atoms with van der Waals surface area (Å²) in [5, 5.41) is 21.0. The molecule has 5 amide bonds. The Morgan fingerprint density at radius 1 is 0.847 bits per heavy atom. The Bertz CT molecular complexity index is 2210. The summed E-state index contributed by atoms with van der Waals surface area (Å²) in [5.41, 5.74) is 3.52. The van der Waals surface area contributed by atoms with Gasteiger partial charge in [-0.05, 0) is 79.1 Å². The van der Waals surface area contributed by atoms with Crippen LogP contribution in [-0.2, 0) is 35.6 Å². The Balaban J connectivity index is 1.19. The first kappa shape index (κ1) is 44.1. The number of amides is 5. The highest BCUT2D eigenvalue weighted by Gasteiger charge is 2.46. The van der Waals surface area contributed by atoms with Crippen molar-refractivity contribution in [3.05, 3.63) is 126 Å². The number of likely N-dealkylation sites (N-methyl/N-ethyl adjacent to an activating group) is 1. The second-order valence-electron chi connectivity index (χ2n) is 14.7. The molecule has 1 aliphatic rings. The summed E-state index contributed by atoms with van der Waals surface area (Å²) in [4.78, 5) is 67.2. The van der Waals surface area contributed by atoms with E-state index in [1.165, 1.54) is 21.3 Å². The highest BCUT2D eigenvalue weighted by molar-refractivity contribution is 7.89. The van der Waals surface area contributed by atoms with Crippen molar-refractivity contribution in [3.63, 3.8) is 0 Å². The molecule has 0 radical (unpaired) electrons. The van der Waals surface area contributed by atoms with Crippen LogP contribution in [0.2, 0.25) is 0 Å². The molecular weight excluding hydrogens is 773 g/mol. The van der Waals surface area contributed by atoms with E-state index in [9.17, 15) is 37.5 Å². The summed E-state index contributed by atoms with van der Waals surface area (Å²) < 4.78 is 29.2. The fourth-order valence-corrected chi connectivity index (χ4v) is 9.08. The fraction of sp³-hybridized carbons (Fsp3) is 0.341. The first-order chi connectivity index (χ1) is 28.2. The summed E-state index contributed by atoms with van der Waals surface area (Å²) in [6.07, 6.45) is 0.887. The standard InChI is InChI=1S/C44H52N6O8S/c1-5-29(2)40(49(4)39(51)28-31-20-22-33(23-21-31)46-44(56)48-35-19-13-12-14-30(35)3)42(53)45-27-26-36(43(54)55)47-41(52)38-25-24-37(32-15-8-6-9-16-32)50(38)59(57,58)34-17-10-7-11-18-34/h6-23,29,36-38,40H,5,24-28H2,1-4H3,(H,45,53)(H,47,52)(H,54,55)(H2,46,48,56)/t29?,36-,37+,38-,40-/m0/s1. The van der Waals surface area contributed by atoms with Gasteiger partial charge < -0.3 is 31.3 Å². The summed E-state index contributed by atoms with van der Waals surface area (Å²) in [6, 6.07) is 26.5. The Morgan fingerprint density at radius 3 is 2.10 bits per heavy atom. The number of nitrogens with zero attached hydrogens (tertiary/aromatic N) is 2. The Labute approximate surface area is 345 Å². The van der Waals surface area contributed by atoms with Gasteiger partial charge in [0.1, 0.15) is 18.1 Å². The average Bonchev–Trinajstić information content (AvgIpc) is 3.69. The lowest BCUT2D eigenvalue weighted by molar-refractivity contribution is -0.142. The molecule has 4 aromatic carbocycles. The molecule has 312 valence electrons. The predicted octanol–water partition coefficient (Wildman–Crippen LogP) is 5.72. The average molecular weight is 825 g/mol. The first-order valence-corrected chi connectivity index (χ1v) is 21.1. The molecule has 59 heavy (non-hydrogen) atoms. The van der Waals surface area contributed by atoms with Crippen LogP contribution in [0.25, 0.3) is 0 Å². The van der Waals surface area contributed by atoms with Crippen LogP contribution in [0.15, 0.2) is 114 Å². The third kappa shape index (κ3) is 11.1. The van der Waals surface area contributed by atoms with Gasteiger partial charge in [-0.1, -0.05) is 99.1 Å². The van der Waals surface area contributed by atoms with Gasteiger partial charge in [0.2, 0.25) is 27.7 Å². The number of hydrogen-bond acceptors (Lipinski definition) is 7. The van der Waals surface area contributed by atoms with Crippen molar-refractivity contribution < 1.29 is 37.5 Å². The van der Waals surface area contributed by atoms with Crippen molar-refractivity contribution >= 4 is 51.1 Å². The number of anilines is 2. The molecule has 1 saturated heterocycles. The minimum Gasteiger partial charge on any atom is -0.480 e. The number of sulfonamides is 1. The van der Waals surface area contributed by atoms with E-state index in [2.05, 4.69) is 21.3 Å². The van der Waals surface area contributed by atoms with E-state index in [0.29, 0.717) is 35.3 Å². The van der Waals surface area contributed by atoms with Crippen molar-refractivity contribution in [2.45, 2.75) is 81.9 Å². The molecule has 0 aromatic heterocycles. The highest BCUT2D eigenvalue weighted by atomic mass is 32.2. The second kappa shape index (κ2) is 20.1. The maximum Gasteiger partial charge on any atom is 0.326 e. The van der Waals surface area contributed by atoms with Gasteiger partial charge >= 0.3 is 12.0 Å². The minimum atomic E-state index is -4.17. The Kier molecular flexibility index (Phi) is 15.0. The molecule has 5 atom stereocenters. The van der Waals surface area contributed by atoms with Crippen LogP contribution in [0.4, 0.5) is 16.2 Å². The van der Waals surface area contributed by atoms with E-state index in [1.54, 1.807) is 79.8 Å². The minimum absolute atomic E-state index is 0.0111. The molecule has 0 bridgehead atoms. The molecule has 14 nitrogen and oxygen atoms in total. The summed E-state index contributed by atoms with van der Waals surface area (Å²) >= 11 is 0. The van der Waals surface area contributed by atoms with Gasteiger partial charge in [0, 0.05) is 25.0 Å². The van der Waals surface area contributed by atoms with Crippen molar-refractivity contribution in [2.24, 2.45) is 5.92 Å². The van der Waals surface area contributed by atoms with Gasteiger partial charge in [-0.2, -0.15) is 4.31 Å². The van der Waals surface area contributed by atoms with E-state index in [4.69, 9.17) is 0 Å². The van der Waals surface area contributed by atoms with Crippen LogP contribution in [0, 0.1) is 12.8 Å². The lowest BCUT2D eigenvalue weighted by atomic mass is 9.96. The van der Waals surface area contributed by atoms with Crippen LogP contribution in [0.3, 0.4) is 0 Å². The molecule has 0 aliphatic carbocycles. The third-order valence-electron chi connectivity index (χ3n) is 10.7. The number of nitrogens with one attached hydrogen (secondary N) is 4. The molecule has 15 heteroatoms. The van der Waals surface area contributed by atoms with Gasteiger partial charge in [-0.3, -0.25) is 14.4 Å². The molecule has 4 aromatic rings. The molecule has 5 rings (SSSR count). The number of carboxylic acids is 1. The molecule has 1 aliphatic heterocycles. The molecule has 1 unspecified atom stereocenters. The summed E-state index contributed by atoms with van der Waals surface area (Å²) in [5.74, 6) is -3.15. The number of hydrogen-bond donors (Lipinski definition) is 5. The fourth-order valence-electron chi connectivity index (χ4n) is 7.24. The van der Waals surface area contributed by atoms with Crippen LogP contribution in [-0.4, -0.2) is 84.2 Å². The Hall–Kier alpha value is -6.06. The Morgan fingerprint density at radius 2 is 1.47 bits per heavy atom. The SMILES string of the molecule is CCC(C)[C@@H](C(=O)NCC[C@H](NC(=O)[C@@H]1CC[C@H](c2ccccc2)N1S(=O)(=O)c1ccccc1)C(=O)O)N(C)C(=O)Cc1ccc(NC(=O)Nc2ccccc2C)cc1. The number of para-hydroxylation sites is 1. The lowest BCUT2D eigenvalue weighted by Crippen LogP contribution is -2.53. The molecule has 0 saturated carbocycles. The van der Waals surface area contributed by atoms with E-state index in [-0.39, 0.29) is 42.5 Å². The highest BCUT2D eigenvalue weighted by Crippen LogP contribution is 2.40. The van der Waals surface area contributed by atoms with Gasteiger partial charge in [0.25, 0.3) is 0 Å². The van der Waals surface area contributed by atoms with Gasteiger partial charge in [-0.15, -0.1) is 0 Å². The van der Waals surface area contributed by atoms with Crippen LogP contribution < -0.4 is 21.3 Å². The maximum absolute atomic E-state index is 14.0.